The first-order valence-electron chi connectivity index (χ1n) is 27.9. The zero-order chi connectivity index (χ0) is 57.6. The van der Waals surface area contributed by atoms with Crippen molar-refractivity contribution in [1.82, 2.24) is 0 Å². The van der Waals surface area contributed by atoms with Crippen LogP contribution in [0.15, 0.2) is 0 Å². The van der Waals surface area contributed by atoms with E-state index < -0.39 is 227 Å². The Hall–Kier alpha value is -2.35. The molecule has 28 atom stereocenters. The molecule has 5 saturated heterocycles. The summed E-state index contributed by atoms with van der Waals surface area (Å²) in [5.41, 5.74) is 0. The number of hydrogen-bond donors (Lipinski definition) is 16. The molecule has 80 heavy (non-hydrogen) atoms. The van der Waals surface area contributed by atoms with Gasteiger partial charge in [0.1, 0.15) is 105 Å². The Morgan fingerprint density at radius 3 is 1.56 bits per heavy atom. The van der Waals surface area contributed by atoms with Crippen LogP contribution in [-0.4, -0.2) is 291 Å². The Labute approximate surface area is 458 Å². The lowest BCUT2D eigenvalue weighted by Crippen LogP contribution is -2.63. The third-order valence-corrected chi connectivity index (χ3v) is 17.9. The van der Waals surface area contributed by atoms with Crippen LogP contribution < -0.4 is 0 Å². The van der Waals surface area contributed by atoms with E-state index in [1.54, 1.807) is 0 Å². The van der Waals surface area contributed by atoms with E-state index in [1.165, 1.54) is 0 Å². The maximum Gasteiger partial charge on any atom is 0.317 e. The monoisotopic (exact) mass is 1160 g/mol. The number of Topliss-reactive ketones (excluding diaryl/α,β-unsaturated/α-hetero) is 1. The number of fused-ring (bicyclic) bond motifs is 2. The van der Waals surface area contributed by atoms with Crippen LogP contribution in [0.4, 0.5) is 0 Å². The lowest BCUT2D eigenvalue weighted by atomic mass is 9.72. The van der Waals surface area contributed by atoms with E-state index in [9.17, 15) is 96.1 Å². The van der Waals surface area contributed by atoms with E-state index in [4.69, 9.17) is 47.4 Å². The van der Waals surface area contributed by atoms with E-state index in [2.05, 4.69) is 0 Å². The van der Waals surface area contributed by atoms with Crippen LogP contribution in [0.2, 0.25) is 0 Å². The van der Waals surface area contributed by atoms with Crippen LogP contribution in [0.1, 0.15) is 83.5 Å². The first-order valence-corrected chi connectivity index (χ1v) is 27.9. The summed E-state index contributed by atoms with van der Waals surface area (Å²) in [6, 6.07) is 0. The fourth-order valence-corrected chi connectivity index (χ4v) is 13.3. The zero-order valence-electron chi connectivity index (χ0n) is 43.8. The SMILES string of the molecule is O=C(CC(=O)OC[C@H]1O[C@@H](OC2CC(O)C3C(=O)CC(C4CCC(O)CC4)OC3C2)[C@H](O)[C@@H](O)[C@@H]1O)OC[C@H]1O[C@@H](OC[C@H]2O[C@@H](OC3CC4C(O)CC(O)CC4OC3C3CC(O)C(O)C(O)C3)[C@H](O)[C@@H](O)[C@@H]2O)[C@H](O)[C@@H](O)[C@@H]1O. The molecule has 9 aliphatic rings. The summed E-state index contributed by atoms with van der Waals surface area (Å²) in [6.07, 6.45) is -37.3. The van der Waals surface area contributed by atoms with Gasteiger partial charge in [0.25, 0.3) is 0 Å². The number of esters is 2. The van der Waals surface area contributed by atoms with Crippen molar-refractivity contribution in [2.75, 3.05) is 19.8 Å². The Morgan fingerprint density at radius 1 is 0.438 bits per heavy atom. The van der Waals surface area contributed by atoms with Crippen molar-refractivity contribution in [2.45, 2.75) is 255 Å². The van der Waals surface area contributed by atoms with Crippen molar-refractivity contribution in [3.05, 3.63) is 0 Å². The smallest absolute Gasteiger partial charge is 0.317 e. The van der Waals surface area contributed by atoms with Gasteiger partial charge < -0.3 is 129 Å². The van der Waals surface area contributed by atoms with Crippen LogP contribution in [0.3, 0.4) is 0 Å². The predicted octanol–water partition coefficient (Wildman–Crippen LogP) is -7.50. The number of hydrogen-bond acceptors (Lipinski definition) is 29. The van der Waals surface area contributed by atoms with Gasteiger partial charge in [-0.2, -0.15) is 0 Å². The molecule has 16 N–H and O–H groups in total. The highest BCUT2D eigenvalue weighted by Gasteiger charge is 2.55. The molecular weight excluding hydrogens is 1080 g/mol. The van der Waals surface area contributed by atoms with Gasteiger partial charge in [0.2, 0.25) is 0 Å². The van der Waals surface area contributed by atoms with E-state index in [0.29, 0.717) is 25.7 Å². The summed E-state index contributed by atoms with van der Waals surface area (Å²) < 4.78 is 58.0. The molecule has 0 radical (unpaired) electrons. The second-order valence-corrected chi connectivity index (χ2v) is 23.5. The molecule has 5 aliphatic heterocycles. The molecule has 9 rings (SSSR count). The van der Waals surface area contributed by atoms with E-state index in [1.807, 2.05) is 0 Å². The standard InChI is InChI=1S/C51H80O29/c52-19-3-1-17(2-4-19)28-12-25(56)37-24(55)9-21(10-30(37)75-28)74-50-46(69)43(66)40(63)33(79-50)15-72-36(60)13-35(59)71-14-32-39(62)42(65)45(68)49(78-32)73-16-34-41(64)44(67)47(70)51(80-34)77-31-11-22-23(54)7-20(53)8-29(22)76-48(31)18-5-26(57)38(61)27(58)6-18/h17-24,26-34,37-55,57-58,61-70H,1-16H2/t17?,18?,19?,20?,21?,22?,23?,24?,26?,27?,28?,29?,30?,31?,32-,33-,34-,37?,38?,39-,40-,41-,42+,43+,44+,45-,46-,47-,48?,49-,50-,51-/m1/s1. The van der Waals surface area contributed by atoms with Gasteiger partial charge >= 0.3 is 11.9 Å². The highest BCUT2D eigenvalue weighted by Crippen LogP contribution is 2.45. The first-order chi connectivity index (χ1) is 37.9. The minimum absolute atomic E-state index is 0.0384. The van der Waals surface area contributed by atoms with Gasteiger partial charge in [0, 0.05) is 25.2 Å². The van der Waals surface area contributed by atoms with Gasteiger partial charge in [0.15, 0.2) is 18.9 Å². The van der Waals surface area contributed by atoms with Crippen LogP contribution in [0.5, 0.6) is 0 Å². The van der Waals surface area contributed by atoms with Crippen molar-refractivity contribution < 1.29 is 143 Å². The molecule has 0 amide bonds. The van der Waals surface area contributed by atoms with Gasteiger partial charge in [-0.05, 0) is 69.6 Å². The minimum Gasteiger partial charge on any atom is -0.462 e. The van der Waals surface area contributed by atoms with E-state index >= 15 is 0 Å². The van der Waals surface area contributed by atoms with Gasteiger partial charge in [-0.3, -0.25) is 14.4 Å². The van der Waals surface area contributed by atoms with Crippen LogP contribution >= 0.6 is 0 Å². The van der Waals surface area contributed by atoms with Crippen LogP contribution in [0, 0.1) is 23.7 Å². The topological polar surface area (TPSA) is 467 Å². The molecule has 0 spiro atoms. The molecule has 29 nitrogen and oxygen atoms in total. The van der Waals surface area contributed by atoms with Crippen molar-refractivity contribution in [1.29, 1.82) is 0 Å². The van der Waals surface area contributed by atoms with E-state index in [0.717, 1.165) is 0 Å². The molecular formula is C51H80O29. The molecule has 0 aromatic rings. The van der Waals surface area contributed by atoms with Gasteiger partial charge in [-0.1, -0.05) is 0 Å². The Kier molecular flexibility index (Phi) is 20.6. The molecule has 0 bridgehead atoms. The van der Waals surface area contributed by atoms with Crippen LogP contribution in [-0.2, 0) is 61.8 Å². The summed E-state index contributed by atoms with van der Waals surface area (Å²) in [6.45, 7) is -2.35. The average Bonchev–Trinajstić information content (AvgIpc) is 3.53. The van der Waals surface area contributed by atoms with Crippen molar-refractivity contribution in [3.8, 4) is 0 Å². The second-order valence-electron chi connectivity index (χ2n) is 23.5. The highest BCUT2D eigenvalue weighted by molar-refractivity contribution is 5.91. The van der Waals surface area contributed by atoms with Gasteiger partial charge in [-0.25, -0.2) is 0 Å². The van der Waals surface area contributed by atoms with Crippen molar-refractivity contribution in [3.63, 3.8) is 0 Å². The maximum absolute atomic E-state index is 13.2. The van der Waals surface area contributed by atoms with E-state index in [-0.39, 0.29) is 63.1 Å². The molecule has 458 valence electrons. The normalized spacial score (nSPS) is 51.1. The molecule has 13 unspecified atom stereocenters. The molecule has 4 aliphatic carbocycles. The summed E-state index contributed by atoms with van der Waals surface area (Å²) in [4.78, 5) is 38.8. The lowest BCUT2D eigenvalue weighted by molar-refractivity contribution is -0.347. The Morgan fingerprint density at radius 2 is 0.975 bits per heavy atom. The first kappa shape index (κ1) is 62.2. The number of carbonyl (C=O) groups is 3. The number of ether oxygens (including phenoxy) is 10. The molecule has 29 heteroatoms. The summed E-state index contributed by atoms with van der Waals surface area (Å²) in [7, 11) is 0. The van der Waals surface area contributed by atoms with Crippen molar-refractivity contribution in [2.24, 2.45) is 23.7 Å². The Balaban J connectivity index is 0.743. The third-order valence-electron chi connectivity index (χ3n) is 17.9. The Bertz CT molecular complexity index is 2040. The number of aliphatic hydroxyl groups is 16. The quantitative estimate of drug-likeness (QED) is 0.0535. The number of ketones is 1. The minimum atomic E-state index is -1.99. The van der Waals surface area contributed by atoms with Crippen molar-refractivity contribution >= 4 is 17.7 Å². The average molecular weight is 1160 g/mol. The summed E-state index contributed by atoms with van der Waals surface area (Å²) >= 11 is 0. The molecule has 0 aromatic carbocycles. The highest BCUT2D eigenvalue weighted by atomic mass is 16.7. The molecule has 5 heterocycles. The zero-order valence-corrected chi connectivity index (χ0v) is 43.8. The third kappa shape index (κ3) is 13.8. The maximum atomic E-state index is 13.2. The second kappa shape index (κ2) is 26.5. The lowest BCUT2D eigenvalue weighted by Gasteiger charge is -2.51. The van der Waals surface area contributed by atoms with Crippen LogP contribution in [0.25, 0.3) is 0 Å². The molecule has 0 aromatic heterocycles. The predicted molar refractivity (Wildman–Crippen MR) is 256 cm³/mol. The molecule has 9 fully saturated rings. The fourth-order valence-electron chi connectivity index (χ4n) is 13.3. The van der Waals surface area contributed by atoms with Gasteiger partial charge in [-0.15, -0.1) is 0 Å². The number of aliphatic hydroxyl groups excluding tert-OH is 16. The molecule has 4 saturated carbocycles. The number of carbonyl (C=O) groups excluding carboxylic acids is 3. The summed E-state index contributed by atoms with van der Waals surface area (Å²) in [5.74, 6) is -4.58. The largest absolute Gasteiger partial charge is 0.462 e. The summed E-state index contributed by atoms with van der Waals surface area (Å²) in [5, 5.41) is 171. The fraction of sp³-hybridized carbons (Fsp3) is 0.941. The van der Waals surface area contributed by atoms with Gasteiger partial charge in [0.05, 0.1) is 85.8 Å². The number of rotatable bonds is 15.